The molecule has 1 saturated carbocycles. The van der Waals surface area contributed by atoms with Gasteiger partial charge in [0.2, 0.25) is 5.91 Å². The number of aliphatic hydroxyl groups is 4. The van der Waals surface area contributed by atoms with Crippen LogP contribution in [0.5, 0.6) is 5.75 Å². The molecule has 1 amide bonds. The highest BCUT2D eigenvalue weighted by Crippen LogP contribution is 2.53. The molecule has 3 aliphatic rings. The number of aliphatic hydroxyl groups excluding tert-OH is 3. The van der Waals surface area contributed by atoms with Crippen LogP contribution in [0.4, 0.5) is 11.4 Å². The number of primary amides is 1. The van der Waals surface area contributed by atoms with E-state index in [1.54, 1.807) is 32.0 Å². The zero-order valence-electron chi connectivity index (χ0n) is 20.5. The third kappa shape index (κ3) is 3.73. The fourth-order valence-electron chi connectivity index (χ4n) is 5.88. The van der Waals surface area contributed by atoms with Crippen molar-refractivity contribution in [2.45, 2.75) is 50.4 Å². The van der Waals surface area contributed by atoms with Gasteiger partial charge in [0.05, 0.1) is 23.5 Å². The van der Waals surface area contributed by atoms with Crippen molar-refractivity contribution in [1.29, 1.82) is 0 Å². The number of ketones is 2. The van der Waals surface area contributed by atoms with Gasteiger partial charge in [-0.05, 0) is 43.2 Å². The molecule has 4 rings (SSSR count). The monoisotopic (exact) mass is 503 g/mol. The van der Waals surface area contributed by atoms with Crippen LogP contribution in [0.25, 0.3) is 0 Å². The van der Waals surface area contributed by atoms with Gasteiger partial charge in [0.1, 0.15) is 17.4 Å². The number of phenols is 1. The second-order valence-electron chi connectivity index (χ2n) is 10.2. The van der Waals surface area contributed by atoms with Crippen LogP contribution in [-0.2, 0) is 16.0 Å². The summed E-state index contributed by atoms with van der Waals surface area (Å²) in [5, 5.41) is 56.9. The van der Waals surface area contributed by atoms with Gasteiger partial charge in [-0.3, -0.25) is 14.4 Å². The Morgan fingerprint density at radius 2 is 1.94 bits per heavy atom. The number of hydrogen-bond acceptors (Lipinski definition) is 10. The highest BCUT2D eigenvalue weighted by atomic mass is 16.3. The Hall–Kier alpha value is -3.15. The topological polar surface area (TPSA) is 194 Å². The van der Waals surface area contributed by atoms with Crippen LogP contribution in [0, 0.1) is 17.8 Å². The molecule has 0 aromatic heterocycles. The number of hydrogen-bond donors (Lipinski definition) is 7. The number of nitrogens with zero attached hydrogens (tertiary/aromatic N) is 1. The number of aromatic hydroxyl groups is 1. The Labute approximate surface area is 208 Å². The highest BCUT2D eigenvalue weighted by Gasteiger charge is 2.62. The second kappa shape index (κ2) is 9.06. The zero-order chi connectivity index (χ0) is 26.7. The van der Waals surface area contributed by atoms with Crippen molar-refractivity contribution in [2.75, 3.05) is 30.9 Å². The number of Topliss-reactive ketones (excluding diaryl/α,β-unsaturated/α-hetero) is 2. The summed E-state index contributed by atoms with van der Waals surface area (Å²) < 4.78 is 0. The minimum Gasteiger partial charge on any atom is -0.508 e. The predicted octanol–water partition coefficient (Wildman–Crippen LogP) is -0.00570. The summed E-state index contributed by atoms with van der Waals surface area (Å²) in [7, 11) is 3.56. The van der Waals surface area contributed by atoms with Crippen LogP contribution in [0.2, 0.25) is 0 Å². The largest absolute Gasteiger partial charge is 0.508 e. The van der Waals surface area contributed by atoms with Gasteiger partial charge in [-0.25, -0.2) is 0 Å². The lowest BCUT2D eigenvalue weighted by Gasteiger charge is -2.48. The van der Waals surface area contributed by atoms with E-state index in [2.05, 4.69) is 5.32 Å². The van der Waals surface area contributed by atoms with E-state index in [0.717, 1.165) is 0 Å². The lowest BCUT2D eigenvalue weighted by Crippen LogP contribution is -2.63. The summed E-state index contributed by atoms with van der Waals surface area (Å²) in [5.74, 6) is -7.44. The normalized spacial score (nSPS) is 30.3. The van der Waals surface area contributed by atoms with Crippen LogP contribution in [0.3, 0.4) is 0 Å². The van der Waals surface area contributed by atoms with E-state index < -0.39 is 58.8 Å². The Bertz CT molecular complexity index is 1160. The van der Waals surface area contributed by atoms with Crippen molar-refractivity contribution in [1.82, 2.24) is 0 Å². The number of allylic oxidation sites excluding steroid dienone is 1. The van der Waals surface area contributed by atoms with E-state index in [9.17, 15) is 39.9 Å². The Morgan fingerprint density at radius 1 is 1.28 bits per heavy atom. The van der Waals surface area contributed by atoms with Gasteiger partial charge in [0.25, 0.3) is 0 Å². The summed E-state index contributed by atoms with van der Waals surface area (Å²) in [6.45, 7) is 1.94. The lowest BCUT2D eigenvalue weighted by atomic mass is 9.58. The molecule has 0 aliphatic heterocycles. The number of nitrogens with one attached hydrogen (secondary N) is 1. The fraction of sp³-hybridized carbons (Fsp3) is 0.560. The summed E-state index contributed by atoms with van der Waals surface area (Å²) in [6.07, 6.45) is -1.42. The van der Waals surface area contributed by atoms with Gasteiger partial charge in [-0.1, -0.05) is 6.92 Å². The number of amides is 1. The van der Waals surface area contributed by atoms with E-state index in [-0.39, 0.29) is 48.4 Å². The smallest absolute Gasteiger partial charge is 0.230 e. The molecule has 0 radical (unpaired) electrons. The number of benzene rings is 1. The van der Waals surface area contributed by atoms with Gasteiger partial charge in [-0.15, -0.1) is 0 Å². The van der Waals surface area contributed by atoms with E-state index in [1.165, 1.54) is 0 Å². The van der Waals surface area contributed by atoms with Gasteiger partial charge in [0.15, 0.2) is 17.2 Å². The molecule has 1 fully saturated rings. The molecule has 8 N–H and O–H groups in total. The molecule has 11 heteroatoms. The third-order valence-electron chi connectivity index (χ3n) is 7.85. The quantitative estimate of drug-likeness (QED) is 0.205. The average Bonchev–Trinajstić information content (AvgIpc) is 2.80. The fourth-order valence-corrected chi connectivity index (χ4v) is 5.88. The van der Waals surface area contributed by atoms with Crippen LogP contribution >= 0.6 is 0 Å². The van der Waals surface area contributed by atoms with Gasteiger partial charge < -0.3 is 41.5 Å². The second-order valence-corrected chi connectivity index (χ2v) is 10.2. The maximum Gasteiger partial charge on any atom is 0.230 e. The Balaban J connectivity index is 1.86. The van der Waals surface area contributed by atoms with E-state index >= 15 is 0 Å². The van der Waals surface area contributed by atoms with E-state index in [4.69, 9.17) is 5.73 Å². The lowest BCUT2D eigenvalue weighted by molar-refractivity contribution is -0.167. The molecular weight excluding hydrogens is 470 g/mol. The van der Waals surface area contributed by atoms with E-state index in [1.807, 2.05) is 0 Å². The molecule has 36 heavy (non-hydrogen) atoms. The van der Waals surface area contributed by atoms with Crippen molar-refractivity contribution >= 4 is 28.8 Å². The van der Waals surface area contributed by atoms with Crippen LogP contribution in [0.15, 0.2) is 17.4 Å². The molecular formula is C25H33N3O8. The molecule has 1 aromatic carbocycles. The first kappa shape index (κ1) is 25.9. The number of nitrogens with two attached hydrogens (primary N) is 1. The first-order valence-corrected chi connectivity index (χ1v) is 12.0. The molecule has 6 atom stereocenters. The van der Waals surface area contributed by atoms with Gasteiger partial charge in [-0.2, -0.15) is 0 Å². The van der Waals surface area contributed by atoms with Gasteiger partial charge >= 0.3 is 0 Å². The number of anilines is 2. The van der Waals surface area contributed by atoms with Crippen molar-refractivity contribution < 1.29 is 39.9 Å². The standard InChI is InChI=1S/C25H33N3O8/c1-4-12(29)9-27-14-8-15(28(2)3)13-6-10-5-11-7-16(30)19(24(26)35)23(34)25(11,36)22(33)17(10)21(32)18(13)20(14)31/h8,10-12,16,19,27,29-31,33,36H,4-7,9H2,1-3H3,(H2,26,35)/t10-,11+,12?,16?,19?,25+/m1/s1. The summed E-state index contributed by atoms with van der Waals surface area (Å²) in [6, 6.07) is 1.68. The highest BCUT2D eigenvalue weighted by molar-refractivity contribution is 6.17. The van der Waals surface area contributed by atoms with Gasteiger partial charge in [0, 0.05) is 37.8 Å². The first-order valence-electron chi connectivity index (χ1n) is 12.0. The SMILES string of the molecule is CCC(O)CNc1cc(N(C)C)c2c(c1O)C(=O)C1=C(O)[C@]3(O)C(=O)C(C(N)=O)C(O)C[C@@H]3C[C@@H]1C2. The molecule has 0 spiro atoms. The molecule has 196 valence electrons. The number of fused-ring (bicyclic) bond motifs is 3. The third-order valence-corrected chi connectivity index (χ3v) is 7.85. The van der Waals surface area contributed by atoms with Crippen molar-refractivity contribution in [3.8, 4) is 5.75 Å². The van der Waals surface area contributed by atoms with Crippen LogP contribution < -0.4 is 16.0 Å². The van der Waals surface area contributed by atoms with Crippen LogP contribution in [-0.4, -0.2) is 81.5 Å². The summed E-state index contributed by atoms with van der Waals surface area (Å²) in [4.78, 5) is 40.5. The number of phenolic OH excluding ortho intramolecular Hbond substituents is 1. The molecule has 3 unspecified atom stereocenters. The minimum absolute atomic E-state index is 0.0655. The molecule has 0 heterocycles. The zero-order valence-corrected chi connectivity index (χ0v) is 20.5. The number of carbonyl (C=O) groups is 3. The number of rotatable bonds is 6. The molecule has 0 saturated heterocycles. The van der Waals surface area contributed by atoms with Crippen molar-refractivity contribution in [3.05, 3.63) is 28.5 Å². The average molecular weight is 504 g/mol. The molecule has 1 aromatic rings. The van der Waals surface area contributed by atoms with Crippen molar-refractivity contribution in [2.24, 2.45) is 23.5 Å². The predicted molar refractivity (Wildman–Crippen MR) is 130 cm³/mol. The van der Waals surface area contributed by atoms with Crippen molar-refractivity contribution in [3.63, 3.8) is 0 Å². The maximum absolute atomic E-state index is 13.8. The Morgan fingerprint density at radius 3 is 2.53 bits per heavy atom. The molecule has 0 bridgehead atoms. The minimum atomic E-state index is -2.54. The first-order chi connectivity index (χ1) is 16.8. The Kier molecular flexibility index (Phi) is 6.52. The molecule has 3 aliphatic carbocycles. The maximum atomic E-state index is 13.8. The summed E-state index contributed by atoms with van der Waals surface area (Å²) in [5.41, 5.74) is 3.89. The summed E-state index contributed by atoms with van der Waals surface area (Å²) >= 11 is 0. The van der Waals surface area contributed by atoms with E-state index in [0.29, 0.717) is 17.7 Å². The van der Waals surface area contributed by atoms with Crippen LogP contribution in [0.1, 0.15) is 42.1 Å². The molecule has 11 nitrogen and oxygen atoms in total. The number of carbonyl (C=O) groups excluding carboxylic acids is 3.